The van der Waals surface area contributed by atoms with Gasteiger partial charge in [0, 0.05) is 18.9 Å². The molecule has 1 saturated heterocycles. The van der Waals surface area contributed by atoms with Crippen LogP contribution >= 0.6 is 23.2 Å². The topological polar surface area (TPSA) is 41.9 Å². The highest BCUT2D eigenvalue weighted by Gasteiger charge is 2.62. The number of benzene rings is 2. The van der Waals surface area contributed by atoms with Gasteiger partial charge < -0.3 is 9.74 Å². The summed E-state index contributed by atoms with van der Waals surface area (Å²) >= 11 is 11.4. The monoisotopic (exact) mass is 542 g/mol. The standard InChI is InChI=1S/C22H15Cl2F7N2O2/c1-19(26,27)18(34)33-9-20(28,10-33)12-4-2-11(3-5-12)16-8-21(35-32-16,22(29,30)31)13-6-14(23)17(25)15(24)7-13/h2-7H,8-10H2,1H3. The van der Waals surface area contributed by atoms with Crippen LogP contribution in [0.2, 0.25) is 10.0 Å². The molecule has 0 saturated carbocycles. The number of hydrogen-bond acceptors (Lipinski definition) is 3. The van der Waals surface area contributed by atoms with Gasteiger partial charge in [-0.25, -0.2) is 8.78 Å². The summed E-state index contributed by atoms with van der Waals surface area (Å²) < 4.78 is 97.4. The summed E-state index contributed by atoms with van der Waals surface area (Å²) in [5.74, 6) is -6.21. The fourth-order valence-electron chi connectivity index (χ4n) is 3.97. The van der Waals surface area contributed by atoms with E-state index in [0.717, 1.165) is 12.1 Å². The predicted molar refractivity (Wildman–Crippen MR) is 113 cm³/mol. The van der Waals surface area contributed by atoms with Crippen LogP contribution in [0, 0.1) is 5.82 Å². The van der Waals surface area contributed by atoms with Gasteiger partial charge in [0.1, 0.15) is 0 Å². The van der Waals surface area contributed by atoms with E-state index < -0.39 is 70.2 Å². The van der Waals surface area contributed by atoms with Crippen molar-refractivity contribution < 1.29 is 40.4 Å². The molecule has 1 amide bonds. The Morgan fingerprint density at radius 1 is 1.03 bits per heavy atom. The van der Waals surface area contributed by atoms with E-state index in [0.29, 0.717) is 11.8 Å². The molecule has 188 valence electrons. The molecule has 1 fully saturated rings. The predicted octanol–water partition coefficient (Wildman–Crippen LogP) is 6.38. The van der Waals surface area contributed by atoms with E-state index in [-0.39, 0.29) is 16.8 Å². The van der Waals surface area contributed by atoms with Crippen LogP contribution in [-0.4, -0.2) is 41.7 Å². The Kier molecular flexibility index (Phi) is 6.03. The van der Waals surface area contributed by atoms with E-state index in [9.17, 15) is 31.1 Å². The maximum Gasteiger partial charge on any atom is 0.435 e. The van der Waals surface area contributed by atoms with Crippen LogP contribution in [0.1, 0.15) is 30.0 Å². The smallest absolute Gasteiger partial charge is 0.374 e. The highest BCUT2D eigenvalue weighted by molar-refractivity contribution is 6.35. The normalized spacial score (nSPS) is 21.9. The van der Waals surface area contributed by atoms with Crippen LogP contribution in [0.5, 0.6) is 0 Å². The molecule has 0 radical (unpaired) electrons. The number of halogens is 9. The van der Waals surface area contributed by atoms with E-state index in [2.05, 4.69) is 5.16 Å². The van der Waals surface area contributed by atoms with E-state index in [1.54, 1.807) is 0 Å². The van der Waals surface area contributed by atoms with E-state index >= 15 is 4.39 Å². The van der Waals surface area contributed by atoms with Gasteiger partial charge in [-0.2, -0.15) is 22.0 Å². The molecule has 2 aliphatic heterocycles. The third kappa shape index (κ3) is 4.33. The average Bonchev–Trinajstić information content (AvgIpc) is 3.21. The average molecular weight is 543 g/mol. The fraction of sp³-hybridized carbons (Fsp3) is 0.364. The van der Waals surface area contributed by atoms with Gasteiger partial charge in [-0.1, -0.05) is 52.6 Å². The SMILES string of the molecule is CC(F)(F)C(=O)N1CC(F)(c2ccc(C3=NOC(c4cc(Cl)c(F)c(Cl)c4)(C(F)(F)F)C3)cc2)C1. The number of amides is 1. The van der Waals surface area contributed by atoms with Crippen molar-refractivity contribution in [2.24, 2.45) is 5.16 Å². The van der Waals surface area contributed by atoms with Crippen molar-refractivity contribution >= 4 is 34.8 Å². The zero-order valence-electron chi connectivity index (χ0n) is 17.7. The van der Waals surface area contributed by atoms with Gasteiger partial charge in [0.25, 0.3) is 11.5 Å². The van der Waals surface area contributed by atoms with Gasteiger partial charge in [-0.3, -0.25) is 4.79 Å². The summed E-state index contributed by atoms with van der Waals surface area (Å²) in [4.78, 5) is 17.1. The first-order chi connectivity index (χ1) is 16.1. The Balaban J connectivity index is 1.55. The maximum absolute atomic E-state index is 15.1. The van der Waals surface area contributed by atoms with Gasteiger partial charge in [-0.05, 0) is 23.3 Å². The molecule has 1 atom stereocenters. The number of carbonyl (C=O) groups excluding carboxylic acids is 1. The van der Waals surface area contributed by atoms with Crippen LogP contribution in [0.25, 0.3) is 0 Å². The second kappa shape index (κ2) is 8.26. The van der Waals surface area contributed by atoms with Crippen molar-refractivity contribution in [2.45, 2.75) is 36.7 Å². The van der Waals surface area contributed by atoms with Crippen molar-refractivity contribution in [3.05, 3.63) is 69.0 Å². The van der Waals surface area contributed by atoms with E-state index in [1.807, 2.05) is 0 Å². The molecule has 35 heavy (non-hydrogen) atoms. The third-order valence-electron chi connectivity index (χ3n) is 5.92. The molecule has 2 aromatic rings. The quantitative estimate of drug-likeness (QED) is 0.332. The van der Waals surface area contributed by atoms with Gasteiger partial charge in [-0.15, -0.1) is 0 Å². The highest BCUT2D eigenvalue weighted by atomic mass is 35.5. The molecule has 2 aliphatic rings. The van der Waals surface area contributed by atoms with Crippen LogP contribution in [-0.2, 0) is 20.9 Å². The number of hydrogen-bond donors (Lipinski definition) is 0. The Labute approximate surface area is 204 Å². The van der Waals surface area contributed by atoms with Crippen molar-refractivity contribution in [1.29, 1.82) is 0 Å². The number of carbonyl (C=O) groups is 1. The van der Waals surface area contributed by atoms with Gasteiger partial charge in [0.15, 0.2) is 11.5 Å². The summed E-state index contributed by atoms with van der Waals surface area (Å²) in [5, 5.41) is 2.31. The molecular formula is C22H15Cl2F7N2O2. The molecular weight excluding hydrogens is 528 g/mol. The molecule has 2 aromatic carbocycles. The molecule has 13 heteroatoms. The molecule has 2 heterocycles. The Hall–Kier alpha value is -2.53. The van der Waals surface area contributed by atoms with Crippen LogP contribution < -0.4 is 0 Å². The summed E-state index contributed by atoms with van der Waals surface area (Å²) in [6, 6.07) is 6.65. The van der Waals surface area contributed by atoms with Crippen LogP contribution in [0.4, 0.5) is 30.7 Å². The van der Waals surface area contributed by atoms with Crippen LogP contribution in [0.15, 0.2) is 41.6 Å². The summed E-state index contributed by atoms with van der Waals surface area (Å²) in [5.41, 5.74) is -5.51. The molecule has 0 aliphatic carbocycles. The number of rotatable bonds is 4. The van der Waals surface area contributed by atoms with Crippen molar-refractivity contribution in [1.82, 2.24) is 4.90 Å². The molecule has 4 nitrogen and oxygen atoms in total. The number of oxime groups is 1. The summed E-state index contributed by atoms with van der Waals surface area (Å²) in [7, 11) is 0. The molecule has 4 rings (SSSR count). The van der Waals surface area contributed by atoms with E-state index in [1.165, 1.54) is 24.3 Å². The minimum absolute atomic E-state index is 0.0587. The highest BCUT2D eigenvalue weighted by Crippen LogP contribution is 2.50. The van der Waals surface area contributed by atoms with Gasteiger partial charge in [0.2, 0.25) is 0 Å². The zero-order valence-corrected chi connectivity index (χ0v) is 19.2. The number of alkyl halides is 6. The van der Waals surface area contributed by atoms with Crippen molar-refractivity contribution in [3.8, 4) is 0 Å². The molecule has 0 bridgehead atoms. The number of nitrogens with zero attached hydrogens (tertiary/aromatic N) is 2. The van der Waals surface area contributed by atoms with Crippen molar-refractivity contribution in [3.63, 3.8) is 0 Å². The lowest BCUT2D eigenvalue weighted by Crippen LogP contribution is -2.61. The lowest BCUT2D eigenvalue weighted by atomic mass is 9.84. The van der Waals surface area contributed by atoms with Gasteiger partial charge >= 0.3 is 12.1 Å². The zero-order chi connectivity index (χ0) is 26.0. The second-order valence-electron chi connectivity index (χ2n) is 8.48. The maximum atomic E-state index is 15.1. The minimum Gasteiger partial charge on any atom is -0.374 e. The number of likely N-dealkylation sites (tertiary alicyclic amines) is 1. The van der Waals surface area contributed by atoms with E-state index in [4.69, 9.17) is 28.0 Å². The Morgan fingerprint density at radius 2 is 1.57 bits per heavy atom. The Bertz CT molecular complexity index is 1180. The summed E-state index contributed by atoms with van der Waals surface area (Å²) in [6.45, 7) is -0.745. The lowest BCUT2D eigenvalue weighted by molar-refractivity contribution is -0.275. The van der Waals surface area contributed by atoms with Crippen LogP contribution in [0.3, 0.4) is 0 Å². The molecule has 0 spiro atoms. The third-order valence-corrected chi connectivity index (χ3v) is 6.47. The first-order valence-corrected chi connectivity index (χ1v) is 10.8. The second-order valence-corrected chi connectivity index (χ2v) is 9.29. The molecule has 1 unspecified atom stereocenters. The Morgan fingerprint density at radius 3 is 2.06 bits per heavy atom. The lowest BCUT2D eigenvalue weighted by Gasteiger charge is -2.45. The first kappa shape index (κ1) is 25.6. The minimum atomic E-state index is -4.99. The molecule has 0 N–H and O–H groups in total. The summed E-state index contributed by atoms with van der Waals surface area (Å²) in [6.07, 6.45) is -5.79. The van der Waals surface area contributed by atoms with Gasteiger partial charge in [0.05, 0.1) is 28.8 Å². The largest absolute Gasteiger partial charge is 0.435 e. The van der Waals surface area contributed by atoms with Crippen molar-refractivity contribution in [2.75, 3.05) is 13.1 Å². The fourth-order valence-corrected chi connectivity index (χ4v) is 4.46. The molecule has 0 aromatic heterocycles. The first-order valence-electron chi connectivity index (χ1n) is 10.0.